The summed E-state index contributed by atoms with van der Waals surface area (Å²) in [7, 11) is -3.87. The van der Waals surface area contributed by atoms with Gasteiger partial charge < -0.3 is 14.5 Å². The first-order valence-corrected chi connectivity index (χ1v) is 11.3. The first kappa shape index (κ1) is 25.3. The number of carbonyl (C=O) groups is 2. The van der Waals surface area contributed by atoms with Crippen molar-refractivity contribution >= 4 is 39.2 Å². The van der Waals surface area contributed by atoms with Crippen LogP contribution in [0, 0.1) is 0 Å². The van der Waals surface area contributed by atoms with Gasteiger partial charge in [0.1, 0.15) is 5.76 Å². The molecule has 180 valence electrons. The third-order valence-electron chi connectivity index (χ3n) is 4.31. The number of ether oxygens (including phenoxy) is 1. The van der Waals surface area contributed by atoms with E-state index in [0.717, 1.165) is 12.1 Å². The zero-order valence-corrected chi connectivity index (χ0v) is 18.6. The lowest BCUT2D eigenvalue weighted by atomic mass is 10.2. The second-order valence-corrected chi connectivity index (χ2v) is 8.92. The van der Waals surface area contributed by atoms with Crippen molar-refractivity contribution in [2.45, 2.75) is 17.6 Å². The first-order valence-electron chi connectivity index (χ1n) is 9.41. The Bertz CT molecular complexity index is 1280. The second kappa shape index (κ2) is 10.3. The van der Waals surface area contributed by atoms with E-state index in [9.17, 15) is 31.2 Å². The number of sulfonamides is 1. The molecule has 0 radical (unpaired) electrons. The van der Waals surface area contributed by atoms with Crippen LogP contribution in [0.2, 0.25) is 5.02 Å². The molecule has 0 saturated heterocycles. The maximum absolute atomic E-state index is 12.9. The third-order valence-corrected chi connectivity index (χ3v) is 6.05. The zero-order valence-electron chi connectivity index (χ0n) is 17.1. The zero-order chi connectivity index (χ0) is 24.9. The standard InChI is InChI=1S/C21H16ClF3N2O6S/c22-18-8-5-14(10-17(18)21(23,24)25)27-19(28)12-33-20(29)13-3-6-16(7-4-13)34(30,31)26-11-15-2-1-9-32-15/h1-10,26H,11-12H2,(H,27,28). The van der Waals surface area contributed by atoms with Crippen molar-refractivity contribution in [3.8, 4) is 0 Å². The fraction of sp³-hybridized carbons (Fsp3) is 0.143. The van der Waals surface area contributed by atoms with Gasteiger partial charge in [-0.15, -0.1) is 0 Å². The van der Waals surface area contributed by atoms with Gasteiger partial charge in [-0.3, -0.25) is 4.79 Å². The van der Waals surface area contributed by atoms with Crippen molar-refractivity contribution in [3.63, 3.8) is 0 Å². The summed E-state index contributed by atoms with van der Waals surface area (Å²) >= 11 is 5.52. The molecule has 34 heavy (non-hydrogen) atoms. The van der Waals surface area contributed by atoms with Crippen LogP contribution in [0.1, 0.15) is 21.7 Å². The fourth-order valence-electron chi connectivity index (χ4n) is 2.66. The Labute approximate surface area is 196 Å². The molecule has 0 saturated carbocycles. The summed E-state index contributed by atoms with van der Waals surface area (Å²) in [6.45, 7) is -0.847. The van der Waals surface area contributed by atoms with Crippen LogP contribution in [-0.2, 0) is 32.3 Å². The van der Waals surface area contributed by atoms with Gasteiger partial charge in [-0.05, 0) is 54.6 Å². The van der Waals surface area contributed by atoms with E-state index in [1.807, 2.05) is 0 Å². The van der Waals surface area contributed by atoms with Gasteiger partial charge in [0, 0.05) is 5.69 Å². The van der Waals surface area contributed by atoms with Crippen molar-refractivity contribution in [3.05, 3.63) is 82.8 Å². The van der Waals surface area contributed by atoms with E-state index in [2.05, 4.69) is 10.0 Å². The Morgan fingerprint density at radius 2 is 1.76 bits per heavy atom. The molecule has 0 bridgehead atoms. The number of anilines is 1. The Hall–Kier alpha value is -3.35. The van der Waals surface area contributed by atoms with Gasteiger partial charge in [-0.1, -0.05) is 11.6 Å². The number of carbonyl (C=O) groups excluding carboxylic acids is 2. The summed E-state index contributed by atoms with van der Waals surface area (Å²) in [4.78, 5) is 24.0. The minimum atomic E-state index is -4.71. The summed E-state index contributed by atoms with van der Waals surface area (Å²) in [6.07, 6.45) is -3.31. The normalized spacial score (nSPS) is 11.8. The first-order chi connectivity index (χ1) is 16.0. The molecule has 3 rings (SSSR count). The molecule has 3 aromatic rings. The number of rotatable bonds is 8. The summed E-state index contributed by atoms with van der Waals surface area (Å²) in [6, 6.07) is 10.7. The number of hydrogen-bond acceptors (Lipinski definition) is 6. The highest BCUT2D eigenvalue weighted by molar-refractivity contribution is 7.89. The lowest BCUT2D eigenvalue weighted by molar-refractivity contribution is -0.137. The van der Waals surface area contributed by atoms with E-state index < -0.39 is 45.3 Å². The highest BCUT2D eigenvalue weighted by Crippen LogP contribution is 2.36. The van der Waals surface area contributed by atoms with Crippen molar-refractivity contribution in [2.75, 3.05) is 11.9 Å². The minimum absolute atomic E-state index is 0.0383. The molecule has 2 N–H and O–H groups in total. The summed E-state index contributed by atoms with van der Waals surface area (Å²) in [5, 5.41) is 1.64. The molecule has 0 spiro atoms. The van der Waals surface area contributed by atoms with Crippen LogP contribution in [0.3, 0.4) is 0 Å². The summed E-state index contributed by atoms with van der Waals surface area (Å²) in [5.41, 5.74) is -1.35. The van der Waals surface area contributed by atoms with Gasteiger partial charge >= 0.3 is 12.1 Å². The van der Waals surface area contributed by atoms with E-state index >= 15 is 0 Å². The van der Waals surface area contributed by atoms with Gasteiger partial charge in [-0.2, -0.15) is 13.2 Å². The van der Waals surface area contributed by atoms with Crippen LogP contribution >= 0.6 is 11.6 Å². The van der Waals surface area contributed by atoms with Gasteiger partial charge in [-0.25, -0.2) is 17.9 Å². The van der Waals surface area contributed by atoms with Gasteiger partial charge in [0.2, 0.25) is 10.0 Å². The van der Waals surface area contributed by atoms with Crippen molar-refractivity contribution in [1.29, 1.82) is 0 Å². The number of furan rings is 1. The van der Waals surface area contributed by atoms with Crippen LogP contribution in [0.4, 0.5) is 18.9 Å². The SMILES string of the molecule is O=C(COC(=O)c1ccc(S(=O)(=O)NCc2ccco2)cc1)Nc1ccc(Cl)c(C(F)(F)F)c1. The Morgan fingerprint density at radius 3 is 2.38 bits per heavy atom. The van der Waals surface area contributed by atoms with E-state index in [0.29, 0.717) is 11.8 Å². The van der Waals surface area contributed by atoms with Gasteiger partial charge in [0.25, 0.3) is 5.91 Å². The molecule has 0 aliphatic rings. The molecular weight excluding hydrogens is 501 g/mol. The molecule has 2 aromatic carbocycles. The molecule has 0 aliphatic heterocycles. The lowest BCUT2D eigenvalue weighted by Gasteiger charge is -2.12. The smallest absolute Gasteiger partial charge is 0.417 e. The van der Waals surface area contributed by atoms with Crippen LogP contribution in [0.5, 0.6) is 0 Å². The number of hydrogen-bond donors (Lipinski definition) is 2. The maximum Gasteiger partial charge on any atom is 0.417 e. The van der Waals surface area contributed by atoms with Crippen LogP contribution in [-0.4, -0.2) is 26.9 Å². The Balaban J connectivity index is 1.55. The molecule has 1 amide bonds. The number of benzene rings is 2. The lowest BCUT2D eigenvalue weighted by Crippen LogP contribution is -2.23. The van der Waals surface area contributed by atoms with Crippen molar-refractivity contribution in [1.82, 2.24) is 4.72 Å². The van der Waals surface area contributed by atoms with Crippen LogP contribution in [0.25, 0.3) is 0 Å². The Morgan fingerprint density at radius 1 is 1.06 bits per heavy atom. The van der Waals surface area contributed by atoms with E-state index in [4.69, 9.17) is 20.8 Å². The van der Waals surface area contributed by atoms with E-state index in [1.165, 1.54) is 30.5 Å². The summed E-state index contributed by atoms with van der Waals surface area (Å²) in [5.74, 6) is -1.41. The predicted octanol–water partition coefficient (Wildman–Crippen LogP) is 4.23. The molecule has 0 unspecified atom stereocenters. The summed E-state index contributed by atoms with van der Waals surface area (Å²) < 4.78 is 75.5. The van der Waals surface area contributed by atoms with Gasteiger partial charge in [0.15, 0.2) is 6.61 Å². The van der Waals surface area contributed by atoms with Crippen molar-refractivity contribution < 1.29 is 40.3 Å². The molecular formula is C21H16ClF3N2O6S. The van der Waals surface area contributed by atoms with E-state index in [-0.39, 0.29) is 22.7 Å². The number of alkyl halides is 3. The number of esters is 1. The van der Waals surface area contributed by atoms with Gasteiger partial charge in [0.05, 0.1) is 33.9 Å². The molecule has 0 fully saturated rings. The highest BCUT2D eigenvalue weighted by atomic mass is 35.5. The predicted molar refractivity (Wildman–Crippen MR) is 115 cm³/mol. The highest BCUT2D eigenvalue weighted by Gasteiger charge is 2.33. The number of amides is 1. The molecule has 13 heteroatoms. The fourth-order valence-corrected chi connectivity index (χ4v) is 3.88. The van der Waals surface area contributed by atoms with Crippen LogP contribution < -0.4 is 10.0 Å². The molecule has 8 nitrogen and oxygen atoms in total. The monoisotopic (exact) mass is 516 g/mol. The molecule has 1 aromatic heterocycles. The topological polar surface area (TPSA) is 115 Å². The van der Waals surface area contributed by atoms with E-state index in [1.54, 1.807) is 12.1 Å². The van der Waals surface area contributed by atoms with Crippen LogP contribution in [0.15, 0.2) is 70.2 Å². The Kier molecular flexibility index (Phi) is 7.64. The minimum Gasteiger partial charge on any atom is -0.468 e. The second-order valence-electron chi connectivity index (χ2n) is 6.74. The average Bonchev–Trinajstić information content (AvgIpc) is 3.31. The largest absolute Gasteiger partial charge is 0.468 e. The quantitative estimate of drug-likeness (QED) is 0.433. The third kappa shape index (κ3) is 6.59. The average molecular weight is 517 g/mol. The maximum atomic E-state index is 12.9. The molecule has 0 aliphatic carbocycles. The number of halogens is 4. The molecule has 0 atom stereocenters. The number of nitrogens with one attached hydrogen (secondary N) is 2. The molecule has 1 heterocycles. The van der Waals surface area contributed by atoms with Crippen molar-refractivity contribution in [2.24, 2.45) is 0 Å².